The average molecular weight is 333 g/mol. The van der Waals surface area contributed by atoms with Gasteiger partial charge >= 0.3 is 5.97 Å². The number of hydrogen-bond donors (Lipinski definition) is 0. The van der Waals surface area contributed by atoms with Crippen LogP contribution in [0.5, 0.6) is 0 Å². The SMILES string of the molecule is COC(=O)C1=Cc2nn(C)c(-c3ccc(C)cc3)c2-c2cccn2C1. The maximum Gasteiger partial charge on any atom is 0.335 e. The minimum absolute atomic E-state index is 0.324. The number of carbonyl (C=O) groups excluding carboxylic acids is 1. The number of hydrogen-bond acceptors (Lipinski definition) is 3. The zero-order valence-electron chi connectivity index (χ0n) is 14.5. The van der Waals surface area contributed by atoms with Crippen LogP contribution in [0.4, 0.5) is 0 Å². The van der Waals surface area contributed by atoms with E-state index in [1.54, 1.807) is 0 Å². The lowest BCUT2D eigenvalue weighted by Gasteiger charge is -2.10. The summed E-state index contributed by atoms with van der Waals surface area (Å²) in [6, 6.07) is 12.5. The van der Waals surface area contributed by atoms with Crippen LogP contribution in [0.15, 0.2) is 48.2 Å². The molecule has 1 aliphatic rings. The van der Waals surface area contributed by atoms with E-state index in [1.165, 1.54) is 12.7 Å². The molecule has 1 aromatic carbocycles. The van der Waals surface area contributed by atoms with Crippen LogP contribution in [-0.4, -0.2) is 27.4 Å². The lowest BCUT2D eigenvalue weighted by molar-refractivity contribution is -0.136. The van der Waals surface area contributed by atoms with Gasteiger partial charge in [0.1, 0.15) is 0 Å². The zero-order valence-corrected chi connectivity index (χ0v) is 14.5. The van der Waals surface area contributed by atoms with Gasteiger partial charge in [-0.15, -0.1) is 0 Å². The van der Waals surface area contributed by atoms with Crippen LogP contribution < -0.4 is 0 Å². The molecule has 25 heavy (non-hydrogen) atoms. The van der Waals surface area contributed by atoms with Gasteiger partial charge in [-0.3, -0.25) is 4.68 Å². The Morgan fingerprint density at radius 3 is 2.68 bits per heavy atom. The van der Waals surface area contributed by atoms with Crippen LogP contribution >= 0.6 is 0 Å². The van der Waals surface area contributed by atoms with Crippen molar-refractivity contribution in [1.82, 2.24) is 14.3 Å². The van der Waals surface area contributed by atoms with Crippen molar-refractivity contribution in [2.24, 2.45) is 7.05 Å². The number of ether oxygens (including phenoxy) is 1. The van der Waals surface area contributed by atoms with Crippen molar-refractivity contribution in [1.29, 1.82) is 0 Å². The molecule has 0 atom stereocenters. The number of carbonyl (C=O) groups is 1. The molecule has 126 valence electrons. The van der Waals surface area contributed by atoms with E-state index in [0.717, 1.165) is 28.2 Å². The monoisotopic (exact) mass is 333 g/mol. The molecule has 0 amide bonds. The smallest absolute Gasteiger partial charge is 0.335 e. The summed E-state index contributed by atoms with van der Waals surface area (Å²) in [6.07, 6.45) is 3.82. The quantitative estimate of drug-likeness (QED) is 0.675. The number of methoxy groups -OCH3 is 1. The molecule has 3 heterocycles. The predicted octanol–water partition coefficient (Wildman–Crippen LogP) is 3.43. The van der Waals surface area contributed by atoms with Gasteiger partial charge in [-0.05, 0) is 25.1 Å². The molecule has 1 aliphatic heterocycles. The fraction of sp³-hybridized carbons (Fsp3) is 0.200. The third kappa shape index (κ3) is 2.48. The number of rotatable bonds is 2. The Hall–Kier alpha value is -3.08. The summed E-state index contributed by atoms with van der Waals surface area (Å²) >= 11 is 0. The van der Waals surface area contributed by atoms with Crippen molar-refractivity contribution in [3.63, 3.8) is 0 Å². The summed E-state index contributed by atoms with van der Waals surface area (Å²) in [4.78, 5) is 12.1. The third-order valence-electron chi connectivity index (χ3n) is 4.58. The molecule has 0 saturated carbocycles. The van der Waals surface area contributed by atoms with Crippen LogP contribution in [0, 0.1) is 6.92 Å². The highest BCUT2D eigenvalue weighted by molar-refractivity contribution is 5.97. The minimum Gasteiger partial charge on any atom is -0.466 e. The Balaban J connectivity index is 1.99. The molecule has 0 saturated heterocycles. The highest BCUT2D eigenvalue weighted by Gasteiger charge is 2.25. The summed E-state index contributed by atoms with van der Waals surface area (Å²) in [5.41, 5.74) is 6.82. The molecule has 5 heteroatoms. The van der Waals surface area contributed by atoms with Gasteiger partial charge in [0, 0.05) is 18.8 Å². The largest absolute Gasteiger partial charge is 0.466 e. The van der Waals surface area contributed by atoms with Crippen LogP contribution in [-0.2, 0) is 23.1 Å². The van der Waals surface area contributed by atoms with Gasteiger partial charge in [0.05, 0.1) is 41.9 Å². The van der Waals surface area contributed by atoms with Crippen molar-refractivity contribution >= 4 is 12.0 Å². The first-order valence-electron chi connectivity index (χ1n) is 8.17. The predicted molar refractivity (Wildman–Crippen MR) is 96.8 cm³/mol. The van der Waals surface area contributed by atoms with E-state index in [0.29, 0.717) is 12.1 Å². The molecule has 0 radical (unpaired) electrons. The maximum atomic E-state index is 12.1. The molecule has 0 fully saturated rings. The third-order valence-corrected chi connectivity index (χ3v) is 4.58. The molecule has 3 aromatic rings. The number of aromatic nitrogens is 3. The normalized spacial score (nSPS) is 12.8. The Morgan fingerprint density at radius 1 is 1.20 bits per heavy atom. The number of esters is 1. The van der Waals surface area contributed by atoms with Crippen molar-refractivity contribution in [2.75, 3.05) is 7.11 Å². The maximum absolute atomic E-state index is 12.1. The van der Waals surface area contributed by atoms with E-state index in [-0.39, 0.29) is 5.97 Å². The number of benzene rings is 1. The number of fused-ring (bicyclic) bond motifs is 3. The zero-order chi connectivity index (χ0) is 17.6. The van der Waals surface area contributed by atoms with Gasteiger partial charge in [-0.1, -0.05) is 29.8 Å². The standard InChI is InChI=1S/C20H19N3O2/c1-13-6-8-14(9-7-13)19-18-16(21-22(19)2)11-15(20(24)25-3)12-23-10-4-5-17(18)23/h4-11H,12H2,1-3H3. The van der Waals surface area contributed by atoms with Gasteiger partial charge in [-0.2, -0.15) is 5.10 Å². The lowest BCUT2D eigenvalue weighted by Crippen LogP contribution is -2.10. The topological polar surface area (TPSA) is 49.0 Å². The molecule has 0 unspecified atom stereocenters. The highest BCUT2D eigenvalue weighted by Crippen LogP contribution is 2.38. The molecular weight excluding hydrogens is 314 g/mol. The van der Waals surface area contributed by atoms with Crippen LogP contribution in [0.3, 0.4) is 0 Å². The van der Waals surface area contributed by atoms with Gasteiger partial charge in [0.15, 0.2) is 0 Å². The van der Waals surface area contributed by atoms with Crippen LogP contribution in [0.25, 0.3) is 28.6 Å². The van der Waals surface area contributed by atoms with Gasteiger partial charge < -0.3 is 9.30 Å². The number of aryl methyl sites for hydroxylation is 2. The van der Waals surface area contributed by atoms with E-state index in [9.17, 15) is 4.79 Å². The summed E-state index contributed by atoms with van der Waals surface area (Å²) in [5.74, 6) is -0.324. The van der Waals surface area contributed by atoms with Crippen molar-refractivity contribution < 1.29 is 9.53 Å². The summed E-state index contributed by atoms with van der Waals surface area (Å²) < 4.78 is 8.87. The summed E-state index contributed by atoms with van der Waals surface area (Å²) in [6.45, 7) is 2.55. The Kier molecular flexibility index (Phi) is 3.57. The Morgan fingerprint density at radius 2 is 1.96 bits per heavy atom. The van der Waals surface area contributed by atoms with Crippen molar-refractivity contribution in [3.05, 3.63) is 59.4 Å². The molecule has 2 aromatic heterocycles. The fourth-order valence-electron chi connectivity index (χ4n) is 3.37. The minimum atomic E-state index is -0.324. The first-order valence-corrected chi connectivity index (χ1v) is 8.17. The Labute approximate surface area is 146 Å². The van der Waals surface area contributed by atoms with Crippen LogP contribution in [0.1, 0.15) is 11.3 Å². The second-order valence-corrected chi connectivity index (χ2v) is 6.28. The van der Waals surface area contributed by atoms with Gasteiger partial charge in [0.25, 0.3) is 0 Å². The summed E-state index contributed by atoms with van der Waals surface area (Å²) in [5, 5.41) is 4.67. The molecule has 0 N–H and O–H groups in total. The van der Waals surface area contributed by atoms with Gasteiger partial charge in [0.2, 0.25) is 0 Å². The van der Waals surface area contributed by atoms with Gasteiger partial charge in [-0.25, -0.2) is 4.79 Å². The number of nitrogens with zero attached hydrogens (tertiary/aromatic N) is 3. The second-order valence-electron chi connectivity index (χ2n) is 6.28. The van der Waals surface area contributed by atoms with Crippen LogP contribution in [0.2, 0.25) is 0 Å². The second kappa shape index (κ2) is 5.77. The van der Waals surface area contributed by atoms with E-state index in [1.807, 2.05) is 30.1 Å². The fourth-order valence-corrected chi connectivity index (χ4v) is 3.37. The first kappa shape index (κ1) is 15.4. The lowest BCUT2D eigenvalue weighted by atomic mass is 10.0. The van der Waals surface area contributed by atoms with Crippen molar-refractivity contribution in [3.8, 4) is 22.5 Å². The molecule has 5 nitrogen and oxygen atoms in total. The molecule has 0 aliphatic carbocycles. The average Bonchev–Trinajstić information content (AvgIpc) is 3.15. The Bertz CT molecular complexity index is 991. The van der Waals surface area contributed by atoms with E-state index in [2.05, 4.69) is 46.9 Å². The molecular formula is C20H19N3O2. The van der Waals surface area contributed by atoms with E-state index >= 15 is 0 Å². The van der Waals surface area contributed by atoms with Crippen molar-refractivity contribution in [2.45, 2.75) is 13.5 Å². The first-order chi connectivity index (χ1) is 12.1. The molecule has 0 bridgehead atoms. The summed E-state index contributed by atoms with van der Waals surface area (Å²) in [7, 11) is 3.34. The van der Waals surface area contributed by atoms with E-state index in [4.69, 9.17) is 4.74 Å². The van der Waals surface area contributed by atoms with E-state index < -0.39 is 0 Å². The molecule has 4 rings (SSSR count). The molecule has 0 spiro atoms. The highest BCUT2D eigenvalue weighted by atomic mass is 16.5.